The second kappa shape index (κ2) is 9.77. The summed E-state index contributed by atoms with van der Waals surface area (Å²) in [6, 6.07) is 8.52. The van der Waals surface area contributed by atoms with Gasteiger partial charge in [0.25, 0.3) is 0 Å². The number of allylic oxidation sites excluding steroid dienone is 2. The zero-order valence-electron chi connectivity index (χ0n) is 14.9. The molecule has 1 aliphatic heterocycles. The van der Waals surface area contributed by atoms with Crippen LogP contribution in [0.25, 0.3) is 0 Å². The van der Waals surface area contributed by atoms with Crippen molar-refractivity contribution < 1.29 is 9.47 Å². The average molecular weight is 316 g/mol. The van der Waals surface area contributed by atoms with Crippen LogP contribution in [0.2, 0.25) is 0 Å². The molecule has 1 aromatic rings. The Morgan fingerprint density at radius 2 is 1.91 bits per heavy atom. The summed E-state index contributed by atoms with van der Waals surface area (Å²) in [6.07, 6.45) is 14.8. The predicted octanol–water partition coefficient (Wildman–Crippen LogP) is 5.70. The Morgan fingerprint density at radius 1 is 1.13 bits per heavy atom. The van der Waals surface area contributed by atoms with E-state index >= 15 is 0 Å². The molecule has 23 heavy (non-hydrogen) atoms. The number of hydrogen-bond donors (Lipinski definition) is 0. The molecule has 2 rings (SSSR count). The fourth-order valence-electron chi connectivity index (χ4n) is 2.58. The van der Waals surface area contributed by atoms with E-state index in [0.29, 0.717) is 6.61 Å². The lowest BCUT2D eigenvalue weighted by Crippen LogP contribution is -2.16. The highest BCUT2D eigenvalue weighted by Crippen LogP contribution is 2.27. The van der Waals surface area contributed by atoms with E-state index in [1.54, 1.807) is 0 Å². The number of hydrogen-bond acceptors (Lipinski definition) is 2. The molecule has 128 valence electrons. The van der Waals surface area contributed by atoms with Crippen LogP contribution in [0.1, 0.15) is 64.4 Å². The van der Waals surface area contributed by atoms with Crippen LogP contribution in [0.15, 0.2) is 36.4 Å². The third-order valence-electron chi connectivity index (χ3n) is 4.29. The Bertz CT molecular complexity index is 474. The molecule has 0 spiro atoms. The largest absolute Gasteiger partial charge is 0.490 e. The summed E-state index contributed by atoms with van der Waals surface area (Å²) >= 11 is 0. The van der Waals surface area contributed by atoms with E-state index in [0.717, 1.165) is 18.8 Å². The van der Waals surface area contributed by atoms with Gasteiger partial charge in [0.2, 0.25) is 0 Å². The number of unbranched alkanes of at least 4 members (excludes halogenated alkanes) is 5. The molecule has 2 nitrogen and oxygen atoms in total. The third-order valence-corrected chi connectivity index (χ3v) is 4.29. The highest BCUT2D eigenvalue weighted by atomic mass is 16.6. The summed E-state index contributed by atoms with van der Waals surface area (Å²) in [5.74, 6) is 0.972. The minimum atomic E-state index is -0.0401. The molecule has 0 amide bonds. The Morgan fingerprint density at radius 3 is 2.70 bits per heavy atom. The fraction of sp³-hybridized carbons (Fsp3) is 0.619. The molecule has 0 aliphatic carbocycles. The Balaban J connectivity index is 1.56. The zero-order valence-corrected chi connectivity index (χ0v) is 14.9. The van der Waals surface area contributed by atoms with Crippen molar-refractivity contribution in [3.63, 3.8) is 0 Å². The Hall–Kier alpha value is -1.28. The summed E-state index contributed by atoms with van der Waals surface area (Å²) < 4.78 is 11.2. The molecule has 0 saturated carbocycles. The first-order valence-electron chi connectivity index (χ1n) is 9.22. The first-order valence-corrected chi connectivity index (χ1v) is 9.22. The van der Waals surface area contributed by atoms with Gasteiger partial charge in [-0.25, -0.2) is 0 Å². The summed E-state index contributed by atoms with van der Waals surface area (Å²) in [4.78, 5) is 0. The average Bonchev–Trinajstić information content (AvgIpc) is 3.30. The van der Waals surface area contributed by atoms with Gasteiger partial charge in [-0.05, 0) is 56.7 Å². The molecule has 1 aromatic carbocycles. The van der Waals surface area contributed by atoms with Gasteiger partial charge < -0.3 is 9.47 Å². The van der Waals surface area contributed by atoms with E-state index in [2.05, 4.69) is 44.2 Å². The SMILES string of the molecule is CCC/C=C/CCCCCCc1cccc(OCC2(C)CO2)c1. The van der Waals surface area contributed by atoms with Gasteiger partial charge in [-0.3, -0.25) is 0 Å². The van der Waals surface area contributed by atoms with Crippen molar-refractivity contribution in [1.82, 2.24) is 0 Å². The molecule has 1 saturated heterocycles. The smallest absolute Gasteiger partial charge is 0.123 e. The maximum atomic E-state index is 5.83. The van der Waals surface area contributed by atoms with Gasteiger partial charge in [-0.1, -0.05) is 50.5 Å². The van der Waals surface area contributed by atoms with Gasteiger partial charge in [-0.2, -0.15) is 0 Å². The van der Waals surface area contributed by atoms with Crippen LogP contribution in [0, 0.1) is 0 Å². The second-order valence-electron chi connectivity index (χ2n) is 6.89. The van der Waals surface area contributed by atoms with E-state index in [1.807, 2.05) is 6.07 Å². The summed E-state index contributed by atoms with van der Waals surface area (Å²) in [7, 11) is 0. The monoisotopic (exact) mass is 316 g/mol. The molecule has 0 N–H and O–H groups in total. The zero-order chi connectivity index (χ0) is 16.4. The number of rotatable bonds is 12. The Kier molecular flexibility index (Phi) is 7.67. The highest BCUT2D eigenvalue weighted by molar-refractivity contribution is 5.28. The number of benzene rings is 1. The van der Waals surface area contributed by atoms with Crippen LogP contribution in [0.5, 0.6) is 5.75 Å². The van der Waals surface area contributed by atoms with Crippen LogP contribution < -0.4 is 4.74 Å². The van der Waals surface area contributed by atoms with Crippen molar-refractivity contribution in [2.75, 3.05) is 13.2 Å². The van der Waals surface area contributed by atoms with Crippen LogP contribution in [0.3, 0.4) is 0 Å². The third kappa shape index (κ3) is 7.69. The lowest BCUT2D eigenvalue weighted by Gasteiger charge is -2.10. The summed E-state index contributed by atoms with van der Waals surface area (Å²) in [6.45, 7) is 5.79. The minimum absolute atomic E-state index is 0.0401. The number of ether oxygens (including phenoxy) is 2. The lowest BCUT2D eigenvalue weighted by atomic mass is 10.0. The molecule has 1 heterocycles. The molecular formula is C21H32O2. The topological polar surface area (TPSA) is 21.8 Å². The number of aryl methyl sites for hydroxylation is 1. The molecule has 1 atom stereocenters. The van der Waals surface area contributed by atoms with Gasteiger partial charge in [0.15, 0.2) is 0 Å². The van der Waals surface area contributed by atoms with Crippen LogP contribution in [-0.2, 0) is 11.2 Å². The minimum Gasteiger partial charge on any atom is -0.490 e. The van der Waals surface area contributed by atoms with Gasteiger partial charge >= 0.3 is 0 Å². The van der Waals surface area contributed by atoms with E-state index in [-0.39, 0.29) is 5.60 Å². The molecule has 0 radical (unpaired) electrons. The summed E-state index contributed by atoms with van der Waals surface area (Å²) in [5.41, 5.74) is 1.34. The molecule has 2 heteroatoms. The van der Waals surface area contributed by atoms with Crippen LogP contribution in [0.4, 0.5) is 0 Å². The normalized spacial score (nSPS) is 20.1. The quantitative estimate of drug-likeness (QED) is 0.280. The summed E-state index contributed by atoms with van der Waals surface area (Å²) in [5, 5.41) is 0. The predicted molar refractivity (Wildman–Crippen MR) is 97.1 cm³/mol. The molecule has 1 aliphatic rings. The molecular weight excluding hydrogens is 284 g/mol. The van der Waals surface area contributed by atoms with Crippen LogP contribution in [-0.4, -0.2) is 18.8 Å². The maximum Gasteiger partial charge on any atom is 0.123 e. The van der Waals surface area contributed by atoms with E-state index in [9.17, 15) is 0 Å². The molecule has 1 unspecified atom stereocenters. The van der Waals surface area contributed by atoms with Crippen molar-refractivity contribution >= 4 is 0 Å². The van der Waals surface area contributed by atoms with Gasteiger partial charge in [-0.15, -0.1) is 0 Å². The van der Waals surface area contributed by atoms with E-state index < -0.39 is 0 Å². The van der Waals surface area contributed by atoms with Crippen LogP contribution >= 0.6 is 0 Å². The van der Waals surface area contributed by atoms with Crippen molar-refractivity contribution in [3.05, 3.63) is 42.0 Å². The standard InChI is InChI=1S/C21H32O2/c1-3-4-5-6-7-8-9-10-11-13-19-14-12-15-20(16-19)22-17-21(2)18-23-21/h5-6,12,14-16H,3-4,7-11,13,17-18H2,1-2H3/b6-5+. The molecule has 0 bridgehead atoms. The maximum absolute atomic E-state index is 5.83. The van der Waals surface area contributed by atoms with Crippen molar-refractivity contribution in [2.45, 2.75) is 70.8 Å². The van der Waals surface area contributed by atoms with E-state index in [4.69, 9.17) is 9.47 Å². The first kappa shape index (κ1) is 18.1. The van der Waals surface area contributed by atoms with Gasteiger partial charge in [0.05, 0.1) is 6.61 Å². The highest BCUT2D eigenvalue weighted by Gasteiger charge is 2.40. The van der Waals surface area contributed by atoms with Gasteiger partial charge in [0.1, 0.15) is 18.0 Å². The Labute approximate surface area is 141 Å². The first-order chi connectivity index (χ1) is 11.2. The van der Waals surface area contributed by atoms with Gasteiger partial charge in [0, 0.05) is 0 Å². The second-order valence-corrected chi connectivity index (χ2v) is 6.89. The van der Waals surface area contributed by atoms with Crippen molar-refractivity contribution in [3.8, 4) is 5.75 Å². The molecule has 1 fully saturated rings. The number of epoxide rings is 1. The lowest BCUT2D eigenvalue weighted by molar-refractivity contribution is 0.202. The fourth-order valence-corrected chi connectivity index (χ4v) is 2.58. The van der Waals surface area contributed by atoms with E-state index in [1.165, 1.54) is 50.5 Å². The van der Waals surface area contributed by atoms with Crippen molar-refractivity contribution in [2.24, 2.45) is 0 Å². The van der Waals surface area contributed by atoms with Crippen molar-refractivity contribution in [1.29, 1.82) is 0 Å². The molecule has 0 aromatic heterocycles.